The number of aryl methyl sites for hydroxylation is 1. The van der Waals surface area contributed by atoms with Crippen LogP contribution in [0.1, 0.15) is 35.9 Å². The number of carbonyl (C=O) groups is 1. The van der Waals surface area contributed by atoms with Crippen LogP contribution in [0.3, 0.4) is 0 Å². The van der Waals surface area contributed by atoms with Crippen molar-refractivity contribution in [3.05, 3.63) is 65.9 Å². The molecule has 1 aromatic heterocycles. The Morgan fingerprint density at radius 3 is 2.39 bits per heavy atom. The molecule has 0 aliphatic rings. The molecule has 0 fully saturated rings. The van der Waals surface area contributed by atoms with Crippen LogP contribution < -0.4 is 5.32 Å². The summed E-state index contributed by atoms with van der Waals surface area (Å²) in [6.45, 7) is 4.50. The molecular weight excluding hydrogens is 374 g/mol. The minimum absolute atomic E-state index is 0.137. The zero-order valence-electron chi connectivity index (χ0n) is 16.5. The van der Waals surface area contributed by atoms with E-state index in [4.69, 9.17) is 0 Å². The Morgan fingerprint density at radius 2 is 1.79 bits per heavy atom. The van der Waals surface area contributed by atoms with E-state index in [2.05, 4.69) is 5.32 Å². The van der Waals surface area contributed by atoms with Crippen LogP contribution in [0.5, 0.6) is 0 Å². The molecule has 3 rings (SSSR count). The molecule has 0 saturated carbocycles. The van der Waals surface area contributed by atoms with E-state index >= 15 is 0 Å². The van der Waals surface area contributed by atoms with E-state index in [-0.39, 0.29) is 16.8 Å². The SMILES string of the molecule is CCn1c(C(=O)N[C@H](C)c2ccccc2)cc2cc(S(=O)(=O)N(C)C)ccc21. The number of hydrogen-bond acceptors (Lipinski definition) is 3. The summed E-state index contributed by atoms with van der Waals surface area (Å²) in [4.78, 5) is 13.1. The lowest BCUT2D eigenvalue weighted by Gasteiger charge is -2.15. The molecule has 0 bridgehead atoms. The topological polar surface area (TPSA) is 71.4 Å². The van der Waals surface area contributed by atoms with Gasteiger partial charge in [0.2, 0.25) is 10.0 Å². The molecule has 0 aliphatic heterocycles. The number of carbonyl (C=O) groups excluding carboxylic acids is 1. The molecule has 148 valence electrons. The first-order valence-electron chi connectivity index (χ1n) is 9.17. The first-order valence-corrected chi connectivity index (χ1v) is 10.6. The Bertz CT molecular complexity index is 1100. The fourth-order valence-electron chi connectivity index (χ4n) is 3.24. The molecular formula is C21H25N3O3S. The molecule has 2 aromatic carbocycles. The second-order valence-electron chi connectivity index (χ2n) is 6.89. The van der Waals surface area contributed by atoms with Crippen molar-refractivity contribution < 1.29 is 13.2 Å². The van der Waals surface area contributed by atoms with Gasteiger partial charge in [0.15, 0.2) is 0 Å². The molecule has 3 aromatic rings. The molecule has 6 nitrogen and oxygen atoms in total. The fourth-order valence-corrected chi connectivity index (χ4v) is 4.18. The van der Waals surface area contributed by atoms with Crippen molar-refractivity contribution in [1.82, 2.24) is 14.2 Å². The van der Waals surface area contributed by atoms with Crippen molar-refractivity contribution >= 4 is 26.8 Å². The van der Waals surface area contributed by atoms with Crippen LogP contribution in [0.25, 0.3) is 10.9 Å². The van der Waals surface area contributed by atoms with Crippen LogP contribution in [0.15, 0.2) is 59.5 Å². The standard InChI is InChI=1S/C21H25N3O3S/c1-5-24-19-12-11-18(28(26,27)23(3)4)13-17(19)14-20(24)21(25)22-15(2)16-9-7-6-8-10-16/h6-15H,5H2,1-4H3,(H,22,25)/t15-/m1/s1. The zero-order chi connectivity index (χ0) is 20.5. The summed E-state index contributed by atoms with van der Waals surface area (Å²) < 4.78 is 27.9. The number of sulfonamides is 1. The van der Waals surface area contributed by atoms with Crippen molar-refractivity contribution in [2.24, 2.45) is 0 Å². The van der Waals surface area contributed by atoms with Gasteiger partial charge in [0.25, 0.3) is 5.91 Å². The van der Waals surface area contributed by atoms with Crippen molar-refractivity contribution in [2.75, 3.05) is 14.1 Å². The molecule has 1 heterocycles. The van der Waals surface area contributed by atoms with Crippen molar-refractivity contribution in [2.45, 2.75) is 31.3 Å². The quantitative estimate of drug-likeness (QED) is 0.691. The van der Waals surface area contributed by atoms with Gasteiger partial charge in [0.1, 0.15) is 5.69 Å². The van der Waals surface area contributed by atoms with Crippen LogP contribution in [0.4, 0.5) is 0 Å². The number of amides is 1. The van der Waals surface area contributed by atoms with Crippen molar-refractivity contribution in [3.63, 3.8) is 0 Å². The second kappa shape index (κ2) is 7.77. The van der Waals surface area contributed by atoms with E-state index in [9.17, 15) is 13.2 Å². The molecule has 1 N–H and O–H groups in total. The lowest BCUT2D eigenvalue weighted by molar-refractivity contribution is 0.0931. The smallest absolute Gasteiger partial charge is 0.268 e. The maximum absolute atomic E-state index is 12.9. The Hall–Kier alpha value is -2.64. The van der Waals surface area contributed by atoms with Crippen LogP contribution in [-0.2, 0) is 16.6 Å². The highest BCUT2D eigenvalue weighted by Gasteiger charge is 2.21. The molecule has 0 aliphatic carbocycles. The number of nitrogens with one attached hydrogen (secondary N) is 1. The van der Waals surface area contributed by atoms with Crippen LogP contribution in [0, 0.1) is 0 Å². The van der Waals surface area contributed by atoms with E-state index < -0.39 is 10.0 Å². The van der Waals surface area contributed by atoms with Crippen molar-refractivity contribution in [3.8, 4) is 0 Å². The lowest BCUT2D eigenvalue weighted by atomic mass is 10.1. The maximum Gasteiger partial charge on any atom is 0.268 e. The van der Waals surface area contributed by atoms with Gasteiger partial charge < -0.3 is 9.88 Å². The highest BCUT2D eigenvalue weighted by molar-refractivity contribution is 7.89. The van der Waals surface area contributed by atoms with Gasteiger partial charge in [-0.3, -0.25) is 4.79 Å². The van der Waals surface area contributed by atoms with E-state index in [1.807, 2.05) is 48.7 Å². The predicted octanol–water partition coefficient (Wildman–Crippen LogP) is 3.40. The molecule has 28 heavy (non-hydrogen) atoms. The van der Waals surface area contributed by atoms with Gasteiger partial charge in [-0.25, -0.2) is 12.7 Å². The second-order valence-corrected chi connectivity index (χ2v) is 9.04. The largest absolute Gasteiger partial charge is 0.344 e. The molecule has 1 atom stereocenters. The highest BCUT2D eigenvalue weighted by atomic mass is 32.2. The van der Waals surface area contributed by atoms with E-state index in [1.54, 1.807) is 24.3 Å². The van der Waals surface area contributed by atoms with Crippen LogP contribution in [-0.4, -0.2) is 37.3 Å². The first kappa shape index (κ1) is 20.1. The Morgan fingerprint density at radius 1 is 1.11 bits per heavy atom. The highest BCUT2D eigenvalue weighted by Crippen LogP contribution is 2.25. The molecule has 0 unspecified atom stereocenters. The third-order valence-corrected chi connectivity index (χ3v) is 6.66. The van der Waals surface area contributed by atoms with E-state index in [0.717, 1.165) is 16.5 Å². The molecule has 7 heteroatoms. The summed E-state index contributed by atoms with van der Waals surface area (Å²) in [5.41, 5.74) is 2.37. The zero-order valence-corrected chi connectivity index (χ0v) is 17.3. The van der Waals surface area contributed by atoms with Gasteiger partial charge in [-0.2, -0.15) is 0 Å². The minimum atomic E-state index is -3.53. The summed E-state index contributed by atoms with van der Waals surface area (Å²) in [6, 6.07) is 16.3. The number of rotatable bonds is 6. The van der Waals surface area contributed by atoms with Gasteiger partial charge >= 0.3 is 0 Å². The molecule has 0 spiro atoms. The Kier molecular flexibility index (Phi) is 5.58. The predicted molar refractivity (Wildman–Crippen MR) is 111 cm³/mol. The van der Waals surface area contributed by atoms with E-state index in [0.29, 0.717) is 12.2 Å². The average Bonchev–Trinajstić information content (AvgIpc) is 3.06. The lowest BCUT2D eigenvalue weighted by Crippen LogP contribution is -2.28. The van der Waals surface area contributed by atoms with Gasteiger partial charge in [-0.1, -0.05) is 30.3 Å². The fraction of sp³-hybridized carbons (Fsp3) is 0.286. The third-order valence-electron chi connectivity index (χ3n) is 4.85. The number of benzene rings is 2. The van der Waals surface area contributed by atoms with Gasteiger partial charge in [-0.05, 0) is 43.7 Å². The van der Waals surface area contributed by atoms with Crippen LogP contribution in [0.2, 0.25) is 0 Å². The van der Waals surface area contributed by atoms with E-state index in [1.165, 1.54) is 18.4 Å². The summed E-state index contributed by atoms with van der Waals surface area (Å²) in [6.07, 6.45) is 0. The summed E-state index contributed by atoms with van der Waals surface area (Å²) in [7, 11) is -0.529. The minimum Gasteiger partial charge on any atom is -0.344 e. The Labute approximate surface area is 165 Å². The summed E-state index contributed by atoms with van der Waals surface area (Å²) in [5, 5.41) is 3.75. The average molecular weight is 400 g/mol. The van der Waals surface area contributed by atoms with Gasteiger partial charge in [0.05, 0.1) is 10.9 Å². The number of nitrogens with zero attached hydrogens (tertiary/aromatic N) is 2. The monoisotopic (exact) mass is 399 g/mol. The first-order chi connectivity index (χ1) is 13.3. The van der Waals surface area contributed by atoms with Crippen LogP contribution >= 0.6 is 0 Å². The van der Waals surface area contributed by atoms with Gasteiger partial charge in [0, 0.05) is 31.5 Å². The molecule has 0 radical (unpaired) electrons. The number of hydrogen-bond donors (Lipinski definition) is 1. The summed E-state index contributed by atoms with van der Waals surface area (Å²) in [5.74, 6) is -0.189. The number of fused-ring (bicyclic) bond motifs is 1. The third kappa shape index (κ3) is 3.68. The maximum atomic E-state index is 12.9. The summed E-state index contributed by atoms with van der Waals surface area (Å²) >= 11 is 0. The van der Waals surface area contributed by atoms with Gasteiger partial charge in [-0.15, -0.1) is 0 Å². The number of aromatic nitrogens is 1. The molecule has 1 amide bonds. The Balaban J connectivity index is 1.98. The normalized spacial score (nSPS) is 13.0. The van der Waals surface area contributed by atoms with Crippen molar-refractivity contribution in [1.29, 1.82) is 0 Å². The molecule has 0 saturated heterocycles.